The van der Waals surface area contributed by atoms with E-state index in [9.17, 15) is 14.4 Å². The van der Waals surface area contributed by atoms with Crippen molar-refractivity contribution in [2.24, 2.45) is 0 Å². The number of fused-ring (bicyclic) bond motifs is 1. The summed E-state index contributed by atoms with van der Waals surface area (Å²) in [5.41, 5.74) is 2.63. The first-order chi connectivity index (χ1) is 20.5. The largest absolute Gasteiger partial charge is 0.346 e. The van der Waals surface area contributed by atoms with E-state index in [2.05, 4.69) is 30.6 Å². The number of hydrogen-bond donors (Lipinski definition) is 2. The summed E-state index contributed by atoms with van der Waals surface area (Å²) in [5, 5.41) is 8.52. The number of carbonyl (C=O) groups excluding carboxylic acids is 2. The molecule has 12 heteroatoms. The number of thiazole rings is 1. The number of nitrogens with zero attached hydrogens (tertiary/aromatic N) is 5. The quantitative estimate of drug-likeness (QED) is 0.173. The molecule has 1 aliphatic rings. The van der Waals surface area contributed by atoms with Gasteiger partial charge in [0, 0.05) is 24.3 Å². The fourth-order valence-electron chi connectivity index (χ4n) is 4.70. The van der Waals surface area contributed by atoms with Crippen LogP contribution in [0, 0.1) is 0 Å². The number of aryl methyl sites for hydroxylation is 1. The normalized spacial score (nSPS) is 13.5. The number of aromatic nitrogens is 5. The maximum Gasteiger partial charge on any atom is 0.282 e. The first kappa shape index (κ1) is 27.7. The van der Waals surface area contributed by atoms with E-state index < -0.39 is 0 Å². The molecule has 0 aliphatic heterocycles. The number of anilines is 1. The van der Waals surface area contributed by atoms with Crippen LogP contribution >= 0.6 is 23.1 Å². The topological polar surface area (TPSA) is 132 Å². The second-order valence-corrected chi connectivity index (χ2v) is 11.8. The lowest BCUT2D eigenvalue weighted by molar-refractivity contribution is -0.121. The summed E-state index contributed by atoms with van der Waals surface area (Å²) in [6, 6.07) is 19.8. The predicted molar refractivity (Wildman–Crippen MR) is 162 cm³/mol. The minimum Gasteiger partial charge on any atom is -0.346 e. The van der Waals surface area contributed by atoms with Gasteiger partial charge in [-0.05, 0) is 30.4 Å². The van der Waals surface area contributed by atoms with E-state index in [1.807, 2.05) is 60.7 Å². The molecule has 1 aliphatic carbocycles. The smallest absolute Gasteiger partial charge is 0.282 e. The Kier molecular flexibility index (Phi) is 8.06. The zero-order chi connectivity index (χ0) is 28.9. The van der Waals surface area contributed by atoms with E-state index in [1.165, 1.54) is 23.7 Å². The van der Waals surface area contributed by atoms with Crippen LogP contribution in [-0.2, 0) is 34.5 Å². The summed E-state index contributed by atoms with van der Waals surface area (Å²) in [5.74, 6) is -0.387. The van der Waals surface area contributed by atoms with Gasteiger partial charge in [0.2, 0.25) is 11.8 Å². The highest BCUT2D eigenvalue weighted by Crippen LogP contribution is 2.45. The van der Waals surface area contributed by atoms with Gasteiger partial charge in [0.15, 0.2) is 21.5 Å². The van der Waals surface area contributed by atoms with Crippen LogP contribution in [0.1, 0.15) is 29.7 Å². The van der Waals surface area contributed by atoms with Gasteiger partial charge in [-0.15, -0.1) is 11.3 Å². The number of carbonyl (C=O) groups is 2. The monoisotopic (exact) mass is 597 g/mol. The van der Waals surface area contributed by atoms with Gasteiger partial charge in [0.1, 0.15) is 0 Å². The molecule has 0 unspecified atom stereocenters. The van der Waals surface area contributed by atoms with E-state index in [-0.39, 0.29) is 46.3 Å². The first-order valence-corrected chi connectivity index (χ1v) is 15.3. The van der Waals surface area contributed by atoms with E-state index in [0.29, 0.717) is 28.9 Å². The molecule has 3 heterocycles. The minimum atomic E-state index is -0.297. The number of nitrogens with one attached hydrogen (secondary N) is 2. The molecule has 0 bridgehead atoms. The summed E-state index contributed by atoms with van der Waals surface area (Å²) in [4.78, 5) is 56.1. The molecule has 2 N–H and O–H groups in total. The number of hydrogen-bond acceptors (Lipinski definition) is 9. The average molecular weight is 598 g/mol. The van der Waals surface area contributed by atoms with Gasteiger partial charge < -0.3 is 10.6 Å². The number of benzene rings is 2. The van der Waals surface area contributed by atoms with Crippen LogP contribution in [0.4, 0.5) is 5.13 Å². The highest BCUT2D eigenvalue weighted by atomic mass is 32.2. The summed E-state index contributed by atoms with van der Waals surface area (Å²) < 4.78 is 1.55. The zero-order valence-corrected chi connectivity index (χ0v) is 24.2. The predicted octanol–water partition coefficient (Wildman–Crippen LogP) is 3.96. The van der Waals surface area contributed by atoms with Crippen molar-refractivity contribution in [2.75, 3.05) is 11.1 Å². The summed E-state index contributed by atoms with van der Waals surface area (Å²) in [7, 11) is 0. The van der Waals surface area contributed by atoms with Crippen LogP contribution in [0.25, 0.3) is 11.2 Å². The Labute approximate surface area is 249 Å². The molecule has 1 fully saturated rings. The highest BCUT2D eigenvalue weighted by molar-refractivity contribution is 7.99. The standard InChI is InChI=1S/C30H27N7O3S2/c38-23(36-30(12-13-30)21-9-5-2-6-10-21)17-22-18-41-28(33-22)34-24(39)19-42-29-35-26-25(31-14-15-32-26)27(40)37(29)16-11-20-7-3-1-4-8-20/h1-10,14-15,18H,11-13,16-17,19H2,(H,36,38)(H,33,34,39). The molecule has 2 amide bonds. The molecule has 0 radical (unpaired) electrons. The van der Waals surface area contributed by atoms with Gasteiger partial charge in [-0.2, -0.15) is 0 Å². The van der Waals surface area contributed by atoms with Crippen molar-refractivity contribution in [1.29, 1.82) is 0 Å². The van der Waals surface area contributed by atoms with Crippen molar-refractivity contribution in [2.45, 2.75) is 42.9 Å². The van der Waals surface area contributed by atoms with Crippen LogP contribution < -0.4 is 16.2 Å². The molecule has 5 aromatic rings. The van der Waals surface area contributed by atoms with Crippen molar-refractivity contribution in [3.8, 4) is 0 Å². The SMILES string of the molecule is O=C(CSc1nc2nccnc2c(=O)n1CCc1ccccc1)Nc1nc(CC(=O)NC2(c3ccccc3)CC2)cs1. The Morgan fingerprint density at radius 3 is 2.45 bits per heavy atom. The van der Waals surface area contributed by atoms with Gasteiger partial charge in [-0.1, -0.05) is 72.4 Å². The van der Waals surface area contributed by atoms with Crippen molar-refractivity contribution in [3.05, 3.63) is 106 Å². The number of rotatable bonds is 11. The third-order valence-electron chi connectivity index (χ3n) is 6.95. The van der Waals surface area contributed by atoms with Gasteiger partial charge in [-0.25, -0.2) is 19.9 Å². The third-order valence-corrected chi connectivity index (χ3v) is 8.74. The number of amides is 2. The molecule has 0 atom stereocenters. The Morgan fingerprint density at radius 1 is 0.952 bits per heavy atom. The Morgan fingerprint density at radius 2 is 1.69 bits per heavy atom. The van der Waals surface area contributed by atoms with Crippen LogP contribution in [0.5, 0.6) is 0 Å². The third kappa shape index (κ3) is 6.39. The highest BCUT2D eigenvalue weighted by Gasteiger charge is 2.45. The molecule has 0 saturated heterocycles. The molecule has 2 aromatic carbocycles. The maximum absolute atomic E-state index is 13.2. The van der Waals surface area contributed by atoms with Crippen LogP contribution in [0.15, 0.2) is 88.4 Å². The second kappa shape index (κ2) is 12.2. The molecular weight excluding hydrogens is 571 g/mol. The van der Waals surface area contributed by atoms with Gasteiger partial charge in [-0.3, -0.25) is 19.0 Å². The van der Waals surface area contributed by atoms with Gasteiger partial charge in [0.25, 0.3) is 5.56 Å². The fourth-order valence-corrected chi connectivity index (χ4v) is 6.24. The molecule has 0 spiro atoms. The van der Waals surface area contributed by atoms with Crippen LogP contribution in [-0.4, -0.2) is 42.1 Å². The van der Waals surface area contributed by atoms with Gasteiger partial charge in [0.05, 0.1) is 23.4 Å². The van der Waals surface area contributed by atoms with E-state index in [4.69, 9.17) is 0 Å². The molecule has 3 aromatic heterocycles. The van der Waals surface area contributed by atoms with E-state index in [0.717, 1.165) is 35.7 Å². The summed E-state index contributed by atoms with van der Waals surface area (Å²) in [6.45, 7) is 0.385. The van der Waals surface area contributed by atoms with Crippen LogP contribution in [0.3, 0.4) is 0 Å². The second-order valence-electron chi connectivity index (χ2n) is 9.97. The van der Waals surface area contributed by atoms with E-state index in [1.54, 1.807) is 9.95 Å². The average Bonchev–Trinajstić information content (AvgIpc) is 3.67. The van der Waals surface area contributed by atoms with Crippen LogP contribution in [0.2, 0.25) is 0 Å². The van der Waals surface area contributed by atoms with Crippen molar-refractivity contribution in [1.82, 2.24) is 29.8 Å². The molecule has 6 rings (SSSR count). The molecule has 1 saturated carbocycles. The minimum absolute atomic E-state index is 0.0124. The molecule has 42 heavy (non-hydrogen) atoms. The molecular formula is C30H27N7O3S2. The zero-order valence-electron chi connectivity index (χ0n) is 22.5. The lowest BCUT2D eigenvalue weighted by atomic mass is 10.0. The first-order valence-electron chi connectivity index (χ1n) is 13.5. The lowest BCUT2D eigenvalue weighted by Crippen LogP contribution is -2.35. The number of thioether (sulfide) groups is 1. The lowest BCUT2D eigenvalue weighted by Gasteiger charge is -2.17. The van der Waals surface area contributed by atoms with Crippen molar-refractivity contribution >= 4 is 51.2 Å². The Hall–Kier alpha value is -4.42. The Bertz CT molecular complexity index is 1790. The Balaban J connectivity index is 1.08. The van der Waals surface area contributed by atoms with Crippen molar-refractivity contribution < 1.29 is 9.59 Å². The molecule has 212 valence electrons. The van der Waals surface area contributed by atoms with Gasteiger partial charge >= 0.3 is 0 Å². The maximum atomic E-state index is 13.2. The van der Waals surface area contributed by atoms with E-state index >= 15 is 0 Å². The molecule has 10 nitrogen and oxygen atoms in total. The summed E-state index contributed by atoms with van der Waals surface area (Å²) >= 11 is 2.42. The van der Waals surface area contributed by atoms with Crippen molar-refractivity contribution in [3.63, 3.8) is 0 Å². The fraction of sp³-hybridized carbons (Fsp3) is 0.233. The summed E-state index contributed by atoms with van der Waals surface area (Å²) in [6.07, 6.45) is 5.53.